The molecule has 0 spiro atoms. The molecule has 5 nitrogen and oxygen atoms in total. The van der Waals surface area contributed by atoms with Gasteiger partial charge in [0.15, 0.2) is 5.03 Å². The number of sulfonamides is 1. The first-order chi connectivity index (χ1) is 8.00. The first-order valence-electron chi connectivity index (χ1n) is 4.47. The van der Waals surface area contributed by atoms with Gasteiger partial charge >= 0.3 is 0 Å². The predicted molar refractivity (Wildman–Crippen MR) is 60.8 cm³/mol. The molecule has 90 valence electrons. The average molecular weight is 276 g/mol. The Kier molecular flexibility index (Phi) is 3.03. The summed E-state index contributed by atoms with van der Waals surface area (Å²) in [5, 5.41) is 5.58. The van der Waals surface area contributed by atoms with Crippen LogP contribution >= 0.6 is 11.6 Å². The van der Waals surface area contributed by atoms with Gasteiger partial charge in [-0.1, -0.05) is 17.7 Å². The molecule has 1 heterocycles. The summed E-state index contributed by atoms with van der Waals surface area (Å²) in [5.41, 5.74) is -0.288. The molecule has 8 heteroatoms. The summed E-state index contributed by atoms with van der Waals surface area (Å²) in [6, 6.07) is 5.12. The van der Waals surface area contributed by atoms with Gasteiger partial charge in [0.25, 0.3) is 10.0 Å². The molecule has 0 saturated carbocycles. The average Bonchev–Trinajstić information content (AvgIpc) is 2.77. The largest absolute Gasteiger partial charge is 0.278 e. The molecule has 0 aliphatic heterocycles. The van der Waals surface area contributed by atoms with Crippen LogP contribution in [0.2, 0.25) is 5.02 Å². The number of aromatic nitrogens is 2. The lowest BCUT2D eigenvalue weighted by atomic mass is 10.3. The van der Waals surface area contributed by atoms with Gasteiger partial charge in [0.1, 0.15) is 11.5 Å². The summed E-state index contributed by atoms with van der Waals surface area (Å²) >= 11 is 5.70. The molecular weight excluding hydrogens is 269 g/mol. The van der Waals surface area contributed by atoms with Gasteiger partial charge in [-0.3, -0.25) is 9.82 Å². The van der Waals surface area contributed by atoms with E-state index in [9.17, 15) is 12.8 Å². The molecule has 0 amide bonds. The molecule has 2 N–H and O–H groups in total. The monoisotopic (exact) mass is 275 g/mol. The maximum Gasteiger partial charge on any atom is 0.278 e. The SMILES string of the molecule is O=S(=O)(Nc1c(F)cccc1Cl)c1ccn[nH]1. The molecule has 0 atom stereocenters. The highest BCUT2D eigenvalue weighted by Crippen LogP contribution is 2.26. The molecule has 0 unspecified atom stereocenters. The number of nitrogens with one attached hydrogen (secondary N) is 2. The smallest absolute Gasteiger partial charge is 0.274 e. The van der Waals surface area contributed by atoms with E-state index in [1.165, 1.54) is 24.4 Å². The minimum Gasteiger partial charge on any atom is -0.274 e. The summed E-state index contributed by atoms with van der Waals surface area (Å²) in [5.74, 6) is -0.749. The Morgan fingerprint density at radius 1 is 1.35 bits per heavy atom. The van der Waals surface area contributed by atoms with Crippen molar-refractivity contribution in [1.82, 2.24) is 10.2 Å². The van der Waals surface area contributed by atoms with Crippen LogP contribution in [0.3, 0.4) is 0 Å². The van der Waals surface area contributed by atoms with Gasteiger partial charge in [-0.15, -0.1) is 0 Å². The normalized spacial score (nSPS) is 11.4. The van der Waals surface area contributed by atoms with Crippen LogP contribution in [-0.2, 0) is 10.0 Å². The minimum absolute atomic E-state index is 0.0203. The van der Waals surface area contributed by atoms with E-state index < -0.39 is 15.8 Å². The van der Waals surface area contributed by atoms with Crippen molar-refractivity contribution in [2.75, 3.05) is 4.72 Å². The zero-order valence-corrected chi connectivity index (χ0v) is 9.89. The number of hydrogen-bond donors (Lipinski definition) is 2. The van der Waals surface area contributed by atoms with Crippen LogP contribution in [0.25, 0.3) is 0 Å². The maximum absolute atomic E-state index is 13.4. The molecule has 1 aromatic carbocycles. The van der Waals surface area contributed by atoms with Crippen LogP contribution in [0.4, 0.5) is 10.1 Å². The predicted octanol–water partition coefficient (Wildman–Crippen LogP) is 2.00. The number of anilines is 1. The van der Waals surface area contributed by atoms with Crippen LogP contribution in [-0.4, -0.2) is 18.6 Å². The second-order valence-electron chi connectivity index (χ2n) is 3.12. The lowest BCUT2D eigenvalue weighted by molar-refractivity contribution is 0.594. The third kappa shape index (κ3) is 2.40. The van der Waals surface area contributed by atoms with Crippen molar-refractivity contribution in [3.63, 3.8) is 0 Å². The molecule has 1 aromatic heterocycles. The van der Waals surface area contributed by atoms with Gasteiger partial charge in [-0.25, -0.2) is 4.39 Å². The van der Waals surface area contributed by atoms with Crippen molar-refractivity contribution >= 4 is 27.3 Å². The third-order valence-corrected chi connectivity index (χ3v) is 3.56. The van der Waals surface area contributed by atoms with E-state index in [2.05, 4.69) is 14.9 Å². The van der Waals surface area contributed by atoms with E-state index >= 15 is 0 Å². The molecule has 0 aliphatic carbocycles. The lowest BCUT2D eigenvalue weighted by Gasteiger charge is -2.08. The second kappa shape index (κ2) is 4.34. The molecule has 2 aromatic rings. The molecule has 0 aliphatic rings. The minimum atomic E-state index is -3.91. The van der Waals surface area contributed by atoms with E-state index in [1.807, 2.05) is 0 Å². The Morgan fingerprint density at radius 3 is 2.71 bits per heavy atom. The van der Waals surface area contributed by atoms with Crippen LogP contribution in [0.5, 0.6) is 0 Å². The fraction of sp³-hybridized carbons (Fsp3) is 0. The fourth-order valence-electron chi connectivity index (χ4n) is 1.18. The second-order valence-corrected chi connectivity index (χ2v) is 5.18. The van der Waals surface area contributed by atoms with Gasteiger partial charge in [0.2, 0.25) is 0 Å². The lowest BCUT2D eigenvalue weighted by Crippen LogP contribution is -2.14. The maximum atomic E-state index is 13.4. The summed E-state index contributed by atoms with van der Waals surface area (Å²) in [6.45, 7) is 0. The highest BCUT2D eigenvalue weighted by Gasteiger charge is 2.19. The highest BCUT2D eigenvalue weighted by molar-refractivity contribution is 7.92. The molecule has 2 rings (SSSR count). The van der Waals surface area contributed by atoms with E-state index in [0.29, 0.717) is 0 Å². The Balaban J connectivity index is 2.40. The van der Waals surface area contributed by atoms with Crippen LogP contribution in [0.1, 0.15) is 0 Å². The van der Waals surface area contributed by atoms with Gasteiger partial charge in [0.05, 0.1) is 11.2 Å². The number of nitrogens with zero attached hydrogens (tertiary/aromatic N) is 1. The van der Waals surface area contributed by atoms with Gasteiger partial charge < -0.3 is 0 Å². The van der Waals surface area contributed by atoms with E-state index in [4.69, 9.17) is 11.6 Å². The van der Waals surface area contributed by atoms with Crippen LogP contribution in [0, 0.1) is 5.82 Å². The van der Waals surface area contributed by atoms with E-state index in [1.54, 1.807) is 0 Å². The fourth-order valence-corrected chi connectivity index (χ4v) is 2.44. The molecule has 0 bridgehead atoms. The summed E-state index contributed by atoms with van der Waals surface area (Å²) in [7, 11) is -3.91. The van der Waals surface area contributed by atoms with Gasteiger partial charge in [-0.2, -0.15) is 13.5 Å². The number of halogens is 2. The van der Waals surface area contributed by atoms with Crippen molar-refractivity contribution in [3.8, 4) is 0 Å². The van der Waals surface area contributed by atoms with Crippen LogP contribution < -0.4 is 4.72 Å². The number of aromatic amines is 1. The first kappa shape index (κ1) is 11.9. The topological polar surface area (TPSA) is 74.8 Å². The van der Waals surface area contributed by atoms with Gasteiger partial charge in [-0.05, 0) is 18.2 Å². The quantitative estimate of drug-likeness (QED) is 0.900. The third-order valence-electron chi connectivity index (χ3n) is 1.96. The van der Waals surface area contributed by atoms with Crippen molar-refractivity contribution in [1.29, 1.82) is 0 Å². The Bertz CT molecular complexity index is 607. The molecule has 0 fully saturated rings. The Labute approximate surface area is 102 Å². The first-order valence-corrected chi connectivity index (χ1v) is 6.33. The Morgan fingerprint density at radius 2 is 2.12 bits per heavy atom. The molecule has 0 saturated heterocycles. The molecule has 0 radical (unpaired) electrons. The number of rotatable bonds is 3. The van der Waals surface area contributed by atoms with E-state index in [-0.39, 0.29) is 15.7 Å². The standard InChI is InChI=1S/C9H7ClFN3O2S/c10-6-2-1-3-7(11)9(6)14-17(15,16)8-4-5-12-13-8/h1-5,14H,(H,12,13). The molecular formula is C9H7ClFN3O2S. The van der Waals surface area contributed by atoms with Crippen molar-refractivity contribution in [2.24, 2.45) is 0 Å². The summed E-state index contributed by atoms with van der Waals surface area (Å²) in [6.07, 6.45) is 1.28. The summed E-state index contributed by atoms with van der Waals surface area (Å²) < 4.78 is 39.0. The van der Waals surface area contributed by atoms with Gasteiger partial charge in [0, 0.05) is 0 Å². The zero-order valence-electron chi connectivity index (χ0n) is 8.31. The highest BCUT2D eigenvalue weighted by atomic mass is 35.5. The van der Waals surface area contributed by atoms with Crippen molar-refractivity contribution in [3.05, 3.63) is 41.3 Å². The zero-order chi connectivity index (χ0) is 12.5. The number of para-hydroxylation sites is 1. The van der Waals surface area contributed by atoms with Crippen LogP contribution in [0.15, 0.2) is 35.5 Å². The summed E-state index contributed by atoms with van der Waals surface area (Å²) in [4.78, 5) is 0. The van der Waals surface area contributed by atoms with Crippen molar-refractivity contribution in [2.45, 2.75) is 5.03 Å². The Hall–Kier alpha value is -1.60. The number of benzene rings is 1. The van der Waals surface area contributed by atoms with Crippen molar-refractivity contribution < 1.29 is 12.8 Å². The number of hydrogen-bond acceptors (Lipinski definition) is 3. The number of H-pyrrole nitrogens is 1. The molecule has 17 heavy (non-hydrogen) atoms. The van der Waals surface area contributed by atoms with E-state index in [0.717, 1.165) is 6.07 Å².